The number of nitrogens with one attached hydrogen (secondary N) is 1. The smallest absolute Gasteiger partial charge is 0.475 e. The van der Waals surface area contributed by atoms with Gasteiger partial charge in [0.05, 0.1) is 11.1 Å². The lowest BCUT2D eigenvalue weighted by molar-refractivity contribution is -0.192. The van der Waals surface area contributed by atoms with Gasteiger partial charge >= 0.3 is 18.3 Å². The maximum Gasteiger partial charge on any atom is 0.490 e. The standard InChI is InChI=1S/C27H24ClF3N4O2.C2HF3O2/c1-17(36)34-12-9-26(10-13-34)16-35(23-8-7-19(28)15-22(23)26)25(37)21-6-3-11-32-24(21)33-20-5-2-4-18(14-20)27(29,30)31;3-2(4,5)1(6)7/h2-8,11,14-15H,9-10,12-13,16H2,1H3,(H,32,33);(H,6,7). The second kappa shape index (κ2) is 12.3. The van der Waals surface area contributed by atoms with Gasteiger partial charge in [-0.1, -0.05) is 17.7 Å². The number of likely N-dealkylation sites (tertiary alicyclic amines) is 1. The number of amides is 2. The van der Waals surface area contributed by atoms with Gasteiger partial charge in [-0.2, -0.15) is 26.3 Å². The number of hydrogen-bond donors (Lipinski definition) is 2. The predicted molar refractivity (Wildman–Crippen MR) is 149 cm³/mol. The number of carbonyl (C=O) groups excluding carboxylic acids is 2. The van der Waals surface area contributed by atoms with E-state index in [1.54, 1.807) is 34.9 Å². The number of pyridine rings is 1. The van der Waals surface area contributed by atoms with Gasteiger partial charge in [0, 0.05) is 54.6 Å². The van der Waals surface area contributed by atoms with Crippen LogP contribution >= 0.6 is 11.6 Å². The fourth-order valence-electron chi connectivity index (χ4n) is 5.23. The molecule has 0 atom stereocenters. The van der Waals surface area contributed by atoms with Crippen LogP contribution < -0.4 is 10.2 Å². The SMILES string of the molecule is CC(=O)N1CCC2(CC1)CN(C(=O)c1cccnc1Nc1cccc(C(F)(F)F)c1)c1ccc(Cl)cc12.O=C(O)C(F)(F)F. The van der Waals surface area contributed by atoms with Crippen LogP contribution in [0.4, 0.5) is 43.5 Å². The highest BCUT2D eigenvalue weighted by Crippen LogP contribution is 2.48. The number of rotatable bonds is 3. The number of aromatic nitrogens is 1. The molecule has 15 heteroatoms. The fraction of sp³-hybridized carbons (Fsp3) is 0.310. The number of alkyl halides is 6. The van der Waals surface area contributed by atoms with E-state index in [2.05, 4.69) is 10.3 Å². The Morgan fingerprint density at radius 3 is 2.23 bits per heavy atom. The van der Waals surface area contributed by atoms with E-state index in [-0.39, 0.29) is 34.3 Å². The van der Waals surface area contributed by atoms with Crippen LogP contribution in [0.15, 0.2) is 60.8 Å². The van der Waals surface area contributed by atoms with Crippen LogP contribution in [0.3, 0.4) is 0 Å². The molecule has 0 bridgehead atoms. The van der Waals surface area contributed by atoms with Gasteiger partial charge in [0.15, 0.2) is 0 Å². The average molecular weight is 643 g/mol. The molecule has 1 fully saturated rings. The third-order valence-corrected chi connectivity index (χ3v) is 7.66. The Morgan fingerprint density at radius 1 is 0.977 bits per heavy atom. The molecular formula is C29H25ClF6N4O4. The van der Waals surface area contributed by atoms with Crippen LogP contribution in [0.25, 0.3) is 0 Å². The first-order valence-electron chi connectivity index (χ1n) is 13.1. The van der Waals surface area contributed by atoms with Gasteiger partial charge < -0.3 is 20.2 Å². The molecule has 8 nitrogen and oxygen atoms in total. The largest absolute Gasteiger partial charge is 0.490 e. The van der Waals surface area contributed by atoms with Crippen molar-refractivity contribution >= 4 is 46.6 Å². The van der Waals surface area contributed by atoms with Crippen molar-refractivity contribution in [3.63, 3.8) is 0 Å². The molecule has 2 aliphatic heterocycles. The molecule has 0 unspecified atom stereocenters. The number of anilines is 3. The van der Waals surface area contributed by atoms with Crippen molar-refractivity contribution in [2.24, 2.45) is 0 Å². The Hall–Kier alpha value is -4.33. The van der Waals surface area contributed by atoms with Crippen molar-refractivity contribution in [2.75, 3.05) is 29.9 Å². The number of halogens is 7. The molecule has 44 heavy (non-hydrogen) atoms. The van der Waals surface area contributed by atoms with Crippen molar-refractivity contribution in [1.29, 1.82) is 0 Å². The lowest BCUT2D eigenvalue weighted by Crippen LogP contribution is -2.47. The number of hydrogen-bond acceptors (Lipinski definition) is 5. The van der Waals surface area contributed by atoms with E-state index < -0.39 is 23.9 Å². The molecule has 2 N–H and O–H groups in total. The monoisotopic (exact) mass is 642 g/mol. The molecule has 3 heterocycles. The number of aliphatic carboxylic acids is 1. The second-order valence-corrected chi connectivity index (χ2v) is 10.7. The lowest BCUT2D eigenvalue weighted by Gasteiger charge is -2.39. The number of benzene rings is 2. The van der Waals surface area contributed by atoms with Crippen molar-refractivity contribution in [3.05, 3.63) is 82.5 Å². The normalized spacial score (nSPS) is 15.7. The molecule has 2 amide bonds. The molecule has 0 saturated carbocycles. The van der Waals surface area contributed by atoms with E-state index in [1.165, 1.54) is 18.3 Å². The van der Waals surface area contributed by atoms with E-state index in [0.29, 0.717) is 37.5 Å². The zero-order valence-corrected chi connectivity index (χ0v) is 23.7. The number of carbonyl (C=O) groups is 3. The fourth-order valence-corrected chi connectivity index (χ4v) is 5.40. The predicted octanol–water partition coefficient (Wildman–Crippen LogP) is 6.67. The molecule has 1 aromatic heterocycles. The van der Waals surface area contributed by atoms with Gasteiger partial charge in [0.1, 0.15) is 5.82 Å². The Bertz CT molecular complexity index is 1570. The van der Waals surface area contributed by atoms with E-state index in [9.17, 15) is 35.9 Å². The highest BCUT2D eigenvalue weighted by Gasteiger charge is 2.47. The maximum atomic E-state index is 13.9. The molecule has 0 aliphatic carbocycles. The molecule has 1 saturated heterocycles. The average Bonchev–Trinajstić information content (AvgIpc) is 3.25. The molecule has 0 radical (unpaired) electrons. The highest BCUT2D eigenvalue weighted by atomic mass is 35.5. The summed E-state index contributed by atoms with van der Waals surface area (Å²) in [5.74, 6) is -2.90. The van der Waals surface area contributed by atoms with Crippen LogP contribution in [0.2, 0.25) is 5.02 Å². The summed E-state index contributed by atoms with van der Waals surface area (Å²) in [4.78, 5) is 42.4. The van der Waals surface area contributed by atoms with Crippen molar-refractivity contribution in [1.82, 2.24) is 9.88 Å². The third-order valence-electron chi connectivity index (χ3n) is 7.43. The Balaban J connectivity index is 0.000000566. The number of nitrogens with zero attached hydrogens (tertiary/aromatic N) is 3. The summed E-state index contributed by atoms with van der Waals surface area (Å²) >= 11 is 6.34. The maximum absolute atomic E-state index is 13.9. The minimum Gasteiger partial charge on any atom is -0.475 e. The summed E-state index contributed by atoms with van der Waals surface area (Å²) in [5, 5.41) is 10.6. The highest BCUT2D eigenvalue weighted by molar-refractivity contribution is 6.30. The van der Waals surface area contributed by atoms with E-state index in [0.717, 1.165) is 23.4 Å². The van der Waals surface area contributed by atoms with Crippen molar-refractivity contribution in [2.45, 2.75) is 37.5 Å². The topological polar surface area (TPSA) is 103 Å². The second-order valence-electron chi connectivity index (χ2n) is 10.2. The minimum atomic E-state index is -5.08. The zero-order valence-electron chi connectivity index (χ0n) is 23.0. The first kappa shape index (κ1) is 32.6. The first-order chi connectivity index (χ1) is 20.5. The number of fused-ring (bicyclic) bond motifs is 2. The van der Waals surface area contributed by atoms with Gasteiger partial charge in [-0.25, -0.2) is 9.78 Å². The van der Waals surface area contributed by atoms with Gasteiger partial charge in [0.25, 0.3) is 5.91 Å². The zero-order chi connectivity index (χ0) is 32.4. The first-order valence-corrected chi connectivity index (χ1v) is 13.5. The summed E-state index contributed by atoms with van der Waals surface area (Å²) in [6, 6.07) is 13.4. The molecule has 2 aliphatic rings. The molecule has 5 rings (SSSR count). The minimum absolute atomic E-state index is 0.0211. The lowest BCUT2D eigenvalue weighted by atomic mass is 9.74. The van der Waals surface area contributed by atoms with Gasteiger partial charge in [0.2, 0.25) is 5.91 Å². The Kier molecular flexibility index (Phi) is 9.14. The number of piperidine rings is 1. The summed E-state index contributed by atoms with van der Waals surface area (Å²) in [7, 11) is 0. The number of carboxylic acids is 1. The summed E-state index contributed by atoms with van der Waals surface area (Å²) in [5.41, 5.74) is 0.958. The van der Waals surface area contributed by atoms with Crippen LogP contribution in [-0.2, 0) is 21.2 Å². The van der Waals surface area contributed by atoms with E-state index in [1.807, 2.05) is 12.1 Å². The summed E-state index contributed by atoms with van der Waals surface area (Å²) in [6.07, 6.45) is -6.73. The molecular weight excluding hydrogens is 618 g/mol. The Morgan fingerprint density at radius 2 is 1.64 bits per heavy atom. The van der Waals surface area contributed by atoms with E-state index in [4.69, 9.17) is 21.5 Å². The van der Waals surface area contributed by atoms with E-state index >= 15 is 0 Å². The van der Waals surface area contributed by atoms with Crippen LogP contribution in [-0.4, -0.2) is 58.6 Å². The third kappa shape index (κ3) is 7.07. The van der Waals surface area contributed by atoms with Gasteiger partial charge in [-0.15, -0.1) is 0 Å². The van der Waals surface area contributed by atoms with Gasteiger partial charge in [-0.05, 0) is 66.9 Å². The summed E-state index contributed by atoms with van der Waals surface area (Å²) < 4.78 is 71.3. The number of carboxylic acid groups (broad SMARTS) is 1. The van der Waals surface area contributed by atoms with Crippen LogP contribution in [0.1, 0.15) is 41.3 Å². The van der Waals surface area contributed by atoms with Crippen LogP contribution in [0.5, 0.6) is 0 Å². The Labute approximate surface area is 252 Å². The van der Waals surface area contributed by atoms with Crippen LogP contribution in [0, 0.1) is 0 Å². The quantitative estimate of drug-likeness (QED) is 0.310. The molecule has 2 aromatic carbocycles. The molecule has 3 aromatic rings. The summed E-state index contributed by atoms with van der Waals surface area (Å²) in [6.45, 7) is 3.12. The van der Waals surface area contributed by atoms with Gasteiger partial charge in [-0.3, -0.25) is 9.59 Å². The molecule has 1 spiro atoms. The van der Waals surface area contributed by atoms with Crippen molar-refractivity contribution < 1.29 is 45.8 Å². The molecule has 234 valence electrons. The van der Waals surface area contributed by atoms with Crippen molar-refractivity contribution in [3.8, 4) is 0 Å².